The van der Waals surface area contributed by atoms with E-state index < -0.39 is 0 Å². The Labute approximate surface area is 165 Å². The Morgan fingerprint density at radius 3 is 2.85 bits per heavy atom. The van der Waals surface area contributed by atoms with Crippen LogP contribution in [0.3, 0.4) is 0 Å². The Hall–Kier alpha value is -2.48. The fraction of sp³-hybridized carbons (Fsp3) is 0.368. The molecule has 2 N–H and O–H groups in total. The van der Waals surface area contributed by atoms with E-state index in [9.17, 15) is 9.59 Å². The summed E-state index contributed by atoms with van der Waals surface area (Å²) in [4.78, 5) is 28.6. The van der Waals surface area contributed by atoms with Gasteiger partial charge in [-0.05, 0) is 48.2 Å². The number of carbonyl (C=O) groups excluding carboxylic acids is 2. The zero-order valence-corrected chi connectivity index (χ0v) is 16.9. The predicted octanol–water partition coefficient (Wildman–Crippen LogP) is 3.36. The zero-order valence-electron chi connectivity index (χ0n) is 15.3. The average Bonchev–Trinajstić information content (AvgIpc) is 3.01. The van der Waals surface area contributed by atoms with Gasteiger partial charge < -0.3 is 9.73 Å². The van der Waals surface area contributed by atoms with E-state index in [1.807, 2.05) is 13.8 Å². The minimum Gasteiger partial charge on any atom is -0.455 e. The molecule has 142 valence electrons. The molecule has 0 saturated heterocycles. The van der Waals surface area contributed by atoms with Gasteiger partial charge in [0.25, 0.3) is 11.8 Å². The Balaban J connectivity index is 1.83. The van der Waals surface area contributed by atoms with Crippen LogP contribution in [0, 0.1) is 6.92 Å². The van der Waals surface area contributed by atoms with Crippen LogP contribution in [0.15, 0.2) is 32.5 Å². The second kappa shape index (κ2) is 8.47. The summed E-state index contributed by atoms with van der Waals surface area (Å²) >= 11 is 3.29. The van der Waals surface area contributed by atoms with Gasteiger partial charge in [0.1, 0.15) is 5.76 Å². The number of halogens is 1. The maximum absolute atomic E-state index is 12.3. The highest BCUT2D eigenvalue weighted by molar-refractivity contribution is 9.10. The minimum absolute atomic E-state index is 0.215. The number of pyridine rings is 1. The predicted molar refractivity (Wildman–Crippen MR) is 105 cm³/mol. The normalized spacial score (nSPS) is 14.7. The molecule has 0 unspecified atom stereocenters. The van der Waals surface area contributed by atoms with E-state index in [0.717, 1.165) is 46.3 Å². The van der Waals surface area contributed by atoms with E-state index in [-0.39, 0.29) is 11.8 Å². The second-order valence-corrected chi connectivity index (χ2v) is 7.27. The summed E-state index contributed by atoms with van der Waals surface area (Å²) in [6.07, 6.45) is 6.25. The lowest BCUT2D eigenvalue weighted by atomic mass is 9.93. The summed E-state index contributed by atoms with van der Waals surface area (Å²) in [6, 6.07) is 1.67. The molecule has 2 aromatic rings. The van der Waals surface area contributed by atoms with Crippen LogP contribution in [0.2, 0.25) is 0 Å². The number of hydrogen-bond donors (Lipinski definition) is 2. The molecule has 0 radical (unpaired) electrons. The van der Waals surface area contributed by atoms with Crippen molar-refractivity contribution in [3.05, 3.63) is 51.1 Å². The monoisotopic (exact) mass is 432 g/mol. The van der Waals surface area contributed by atoms with Crippen LogP contribution in [-0.2, 0) is 6.42 Å². The van der Waals surface area contributed by atoms with E-state index in [1.54, 1.807) is 12.3 Å². The smallest absolute Gasteiger partial charge is 0.287 e. The molecule has 0 atom stereocenters. The summed E-state index contributed by atoms with van der Waals surface area (Å²) in [5.41, 5.74) is 5.31. The second-order valence-electron chi connectivity index (χ2n) is 6.36. The molecule has 0 aliphatic heterocycles. The van der Waals surface area contributed by atoms with E-state index in [0.29, 0.717) is 24.3 Å². The van der Waals surface area contributed by atoms with Crippen molar-refractivity contribution < 1.29 is 14.0 Å². The molecular formula is C19H21BrN4O3. The van der Waals surface area contributed by atoms with Crippen molar-refractivity contribution in [2.24, 2.45) is 5.10 Å². The van der Waals surface area contributed by atoms with Gasteiger partial charge in [0, 0.05) is 41.0 Å². The van der Waals surface area contributed by atoms with Gasteiger partial charge in [-0.1, -0.05) is 6.92 Å². The number of nitrogens with one attached hydrogen (secondary N) is 2. The summed E-state index contributed by atoms with van der Waals surface area (Å²) < 4.78 is 6.53. The first-order valence-electron chi connectivity index (χ1n) is 8.89. The van der Waals surface area contributed by atoms with Crippen LogP contribution in [0.5, 0.6) is 0 Å². The van der Waals surface area contributed by atoms with Gasteiger partial charge in [0.05, 0.1) is 11.3 Å². The minimum atomic E-state index is -0.342. The molecule has 2 amide bonds. The highest BCUT2D eigenvalue weighted by Gasteiger charge is 2.27. The van der Waals surface area contributed by atoms with Crippen molar-refractivity contribution in [2.75, 3.05) is 6.54 Å². The summed E-state index contributed by atoms with van der Waals surface area (Å²) in [7, 11) is 0. The third-order valence-electron chi connectivity index (χ3n) is 4.33. The first-order chi connectivity index (χ1) is 13.0. The molecule has 1 aliphatic rings. The van der Waals surface area contributed by atoms with Crippen LogP contribution in [0.4, 0.5) is 0 Å². The number of aryl methyl sites for hydroxylation is 1. The molecule has 3 rings (SSSR count). The number of rotatable bonds is 5. The maximum Gasteiger partial charge on any atom is 0.287 e. The molecule has 0 aromatic carbocycles. The number of furan rings is 1. The lowest BCUT2D eigenvalue weighted by Gasteiger charge is -2.13. The van der Waals surface area contributed by atoms with Gasteiger partial charge in [-0.25, -0.2) is 5.43 Å². The Bertz CT molecular complexity index is 904. The molecule has 2 aromatic heterocycles. The van der Waals surface area contributed by atoms with Crippen molar-refractivity contribution in [1.29, 1.82) is 0 Å². The zero-order chi connectivity index (χ0) is 19.4. The summed E-state index contributed by atoms with van der Waals surface area (Å²) in [5.74, 6) is 0.515. The number of carbonyl (C=O) groups is 2. The van der Waals surface area contributed by atoms with Crippen molar-refractivity contribution in [3.63, 3.8) is 0 Å². The standard InChI is InChI=1S/C19H21BrN4O3/c1-3-7-22-19(26)17-11(2)16-14(5-4-6-15(16)27-17)23-24-18(25)12-8-13(20)10-21-9-12/h8-10H,3-7H2,1-2H3,(H,22,26)(H,24,25)/b23-14+. The van der Waals surface area contributed by atoms with E-state index in [1.165, 1.54) is 6.20 Å². The number of hydrazone groups is 1. The van der Waals surface area contributed by atoms with Crippen LogP contribution >= 0.6 is 15.9 Å². The van der Waals surface area contributed by atoms with Crippen LogP contribution in [-0.4, -0.2) is 29.1 Å². The first-order valence-corrected chi connectivity index (χ1v) is 9.68. The van der Waals surface area contributed by atoms with E-state index in [2.05, 4.69) is 36.8 Å². The van der Waals surface area contributed by atoms with Gasteiger partial charge in [0.2, 0.25) is 0 Å². The molecule has 1 aliphatic carbocycles. The number of amides is 2. The molecule has 0 fully saturated rings. The maximum atomic E-state index is 12.3. The topological polar surface area (TPSA) is 96.6 Å². The number of aromatic nitrogens is 1. The third kappa shape index (κ3) is 4.27. The molecular weight excluding hydrogens is 412 g/mol. The van der Waals surface area contributed by atoms with Crippen molar-refractivity contribution in [2.45, 2.75) is 39.5 Å². The Kier molecular flexibility index (Phi) is 6.05. The molecule has 0 bridgehead atoms. The number of fused-ring (bicyclic) bond motifs is 1. The Morgan fingerprint density at radius 2 is 2.11 bits per heavy atom. The SMILES string of the molecule is CCCNC(=O)c1oc2c(c1C)/C(=N/NC(=O)c1cncc(Br)c1)CCC2. The molecule has 27 heavy (non-hydrogen) atoms. The largest absolute Gasteiger partial charge is 0.455 e. The van der Waals surface area contributed by atoms with Gasteiger partial charge in [-0.2, -0.15) is 5.10 Å². The van der Waals surface area contributed by atoms with Crippen LogP contribution in [0.1, 0.15) is 64.0 Å². The lowest BCUT2D eigenvalue weighted by Crippen LogP contribution is -2.24. The first kappa shape index (κ1) is 19.3. The number of nitrogens with zero attached hydrogens (tertiary/aromatic N) is 2. The van der Waals surface area contributed by atoms with Gasteiger partial charge >= 0.3 is 0 Å². The van der Waals surface area contributed by atoms with Crippen LogP contribution < -0.4 is 10.7 Å². The number of hydrogen-bond acceptors (Lipinski definition) is 5. The van der Waals surface area contributed by atoms with Crippen LogP contribution in [0.25, 0.3) is 0 Å². The Morgan fingerprint density at radius 1 is 1.30 bits per heavy atom. The fourth-order valence-electron chi connectivity index (χ4n) is 3.03. The summed E-state index contributed by atoms with van der Waals surface area (Å²) in [5, 5.41) is 7.15. The van der Waals surface area contributed by atoms with Gasteiger partial charge in [-0.15, -0.1) is 0 Å². The average molecular weight is 433 g/mol. The molecule has 0 spiro atoms. The summed E-state index contributed by atoms with van der Waals surface area (Å²) in [6.45, 7) is 4.44. The third-order valence-corrected chi connectivity index (χ3v) is 4.76. The van der Waals surface area contributed by atoms with E-state index in [4.69, 9.17) is 4.42 Å². The van der Waals surface area contributed by atoms with Gasteiger partial charge in [0.15, 0.2) is 5.76 Å². The van der Waals surface area contributed by atoms with Crippen molar-refractivity contribution in [3.8, 4) is 0 Å². The molecule has 7 nitrogen and oxygen atoms in total. The van der Waals surface area contributed by atoms with E-state index >= 15 is 0 Å². The highest BCUT2D eigenvalue weighted by Crippen LogP contribution is 2.29. The molecule has 0 saturated carbocycles. The fourth-order valence-corrected chi connectivity index (χ4v) is 3.40. The molecule has 2 heterocycles. The highest BCUT2D eigenvalue weighted by atomic mass is 79.9. The van der Waals surface area contributed by atoms with Crippen molar-refractivity contribution >= 4 is 33.5 Å². The molecule has 8 heteroatoms. The quantitative estimate of drug-likeness (QED) is 0.707. The van der Waals surface area contributed by atoms with Crippen molar-refractivity contribution in [1.82, 2.24) is 15.7 Å². The lowest BCUT2D eigenvalue weighted by molar-refractivity contribution is 0.0921. The van der Waals surface area contributed by atoms with Gasteiger partial charge in [-0.3, -0.25) is 14.6 Å².